The number of rotatable bonds is 2. The highest BCUT2D eigenvalue weighted by molar-refractivity contribution is 5.11. The minimum absolute atomic E-state index is 1.00. The van der Waals surface area contributed by atoms with Gasteiger partial charge in [-0.3, -0.25) is 0 Å². The molecule has 0 atom stereocenters. The minimum Gasteiger partial charge on any atom is -0.377 e. The van der Waals surface area contributed by atoms with Gasteiger partial charge in [0.25, 0.3) is 0 Å². The van der Waals surface area contributed by atoms with Crippen LogP contribution in [0.5, 0.6) is 0 Å². The highest BCUT2D eigenvalue weighted by Crippen LogP contribution is 1.93. The Morgan fingerprint density at radius 1 is 1.60 bits per heavy atom. The Hall–Kier alpha value is -0.560. The Morgan fingerprint density at radius 3 is 2.20 bits per heavy atom. The van der Waals surface area contributed by atoms with E-state index in [1.54, 1.807) is 0 Å². The second-order valence-corrected chi connectivity index (χ2v) is 2.17. The van der Waals surface area contributed by atoms with Gasteiger partial charge in [-0.25, -0.2) is 0 Å². The summed E-state index contributed by atoms with van der Waals surface area (Å²) in [5.74, 6) is 0. The quantitative estimate of drug-likeness (QED) is 0.424. The van der Waals surface area contributed by atoms with Crippen LogP contribution in [-0.2, 0) is 4.74 Å². The fourth-order valence-corrected chi connectivity index (χ4v) is 0.405. The first-order chi connectivity index (χ1) is 4.81. The van der Waals surface area contributed by atoms with Crippen molar-refractivity contribution < 1.29 is 4.74 Å². The molecule has 1 aliphatic rings. The lowest BCUT2D eigenvalue weighted by Gasteiger charge is -1.83. The highest BCUT2D eigenvalue weighted by atomic mass is 16.6. The van der Waals surface area contributed by atoms with Gasteiger partial charge in [-0.05, 0) is 13.3 Å². The fraction of sp³-hybridized carbons (Fsp3) is 0.556. The van der Waals surface area contributed by atoms with Crippen molar-refractivity contribution in [3.8, 4) is 0 Å². The molecule has 0 saturated carbocycles. The van der Waals surface area contributed by atoms with Gasteiger partial charge in [0, 0.05) is 0 Å². The summed E-state index contributed by atoms with van der Waals surface area (Å²) in [5, 5.41) is 0. The second-order valence-electron chi connectivity index (χ2n) is 2.17. The first-order valence-electron chi connectivity index (χ1n) is 3.68. The van der Waals surface area contributed by atoms with E-state index in [1.807, 2.05) is 6.08 Å². The van der Waals surface area contributed by atoms with E-state index in [-0.39, 0.29) is 0 Å². The molecule has 0 spiro atoms. The van der Waals surface area contributed by atoms with Gasteiger partial charge in [-0.2, -0.15) is 0 Å². The maximum Gasteiger partial charge on any atom is 0.0701 e. The van der Waals surface area contributed by atoms with Crippen LogP contribution >= 0.6 is 0 Å². The van der Waals surface area contributed by atoms with Crippen LogP contribution in [0.4, 0.5) is 0 Å². The van der Waals surface area contributed by atoms with Crippen molar-refractivity contribution in [1.29, 1.82) is 0 Å². The lowest BCUT2D eigenvalue weighted by Crippen LogP contribution is -1.62. The van der Waals surface area contributed by atoms with Gasteiger partial charge in [-0.15, -0.1) is 0 Å². The zero-order valence-electron chi connectivity index (χ0n) is 6.89. The fourth-order valence-electron chi connectivity index (χ4n) is 0.405. The maximum absolute atomic E-state index is 4.50. The molecular weight excluding hydrogens is 124 g/mol. The third kappa shape index (κ3) is 10.4. The number of hydrogen-bond acceptors (Lipinski definition) is 1. The smallest absolute Gasteiger partial charge is 0.0701 e. The molecule has 1 fully saturated rings. The normalized spacial score (nSPS) is 15.2. The summed E-state index contributed by atoms with van der Waals surface area (Å²) >= 11 is 0. The zero-order valence-corrected chi connectivity index (χ0v) is 6.89. The molecular formula is C9H16O. The second kappa shape index (κ2) is 6.56. The molecule has 1 heterocycles. The predicted molar refractivity (Wildman–Crippen MR) is 45.1 cm³/mol. The lowest BCUT2D eigenvalue weighted by molar-refractivity contribution is 0.475. The van der Waals surface area contributed by atoms with Crippen LogP contribution in [-0.4, -0.2) is 13.2 Å². The first kappa shape index (κ1) is 9.44. The van der Waals surface area contributed by atoms with Crippen molar-refractivity contribution in [2.75, 3.05) is 13.2 Å². The van der Waals surface area contributed by atoms with E-state index in [1.165, 1.54) is 5.57 Å². The topological polar surface area (TPSA) is 12.5 Å². The van der Waals surface area contributed by atoms with E-state index in [0.29, 0.717) is 0 Å². The van der Waals surface area contributed by atoms with Gasteiger partial charge in [0.1, 0.15) is 0 Å². The molecule has 0 aromatic heterocycles. The van der Waals surface area contributed by atoms with Gasteiger partial charge >= 0.3 is 0 Å². The van der Waals surface area contributed by atoms with Crippen molar-refractivity contribution in [3.05, 3.63) is 24.3 Å². The average Bonchev–Trinajstić information content (AvgIpc) is 2.73. The van der Waals surface area contributed by atoms with Crippen LogP contribution < -0.4 is 0 Å². The predicted octanol–water partition coefficient (Wildman–Crippen LogP) is 2.55. The molecule has 58 valence electrons. The summed E-state index contributed by atoms with van der Waals surface area (Å²) in [4.78, 5) is 0. The van der Waals surface area contributed by atoms with Crippen LogP contribution in [0.15, 0.2) is 24.3 Å². The average molecular weight is 140 g/mol. The molecule has 1 nitrogen and oxygen atoms in total. The Labute approximate surface area is 63.4 Å². The van der Waals surface area contributed by atoms with Gasteiger partial charge < -0.3 is 4.74 Å². The van der Waals surface area contributed by atoms with Gasteiger partial charge in [-0.1, -0.05) is 31.2 Å². The number of epoxide rings is 1. The number of ether oxygens (including phenoxy) is 1. The Balaban J connectivity index is 0.000000219. The molecule has 1 saturated heterocycles. The molecule has 1 rings (SSSR count). The molecule has 0 aliphatic carbocycles. The van der Waals surface area contributed by atoms with Crippen LogP contribution in [0.25, 0.3) is 0 Å². The Morgan fingerprint density at radius 2 is 2.10 bits per heavy atom. The van der Waals surface area contributed by atoms with Crippen LogP contribution in [0.3, 0.4) is 0 Å². The molecule has 10 heavy (non-hydrogen) atoms. The van der Waals surface area contributed by atoms with Gasteiger partial charge in [0.2, 0.25) is 0 Å². The molecule has 0 radical (unpaired) electrons. The number of hydrogen-bond donors (Lipinski definition) is 0. The summed E-state index contributed by atoms with van der Waals surface area (Å²) in [6, 6.07) is 0. The zero-order chi connectivity index (χ0) is 7.82. The molecule has 0 unspecified atom stereocenters. The van der Waals surface area contributed by atoms with Gasteiger partial charge in [0.05, 0.1) is 13.2 Å². The molecule has 0 aromatic carbocycles. The number of allylic oxidation sites excluding steroid dienone is 3. The standard InChI is InChI=1S/C7H12.C2H4O/c1-4-6-7(3)5-2;1-2-3-1/h5-6H,2,4H2,1,3H3;1-2H2. The van der Waals surface area contributed by atoms with E-state index in [2.05, 4.69) is 31.2 Å². The Bertz CT molecular complexity index is 109. The monoisotopic (exact) mass is 140 g/mol. The maximum atomic E-state index is 4.50. The van der Waals surface area contributed by atoms with E-state index in [9.17, 15) is 0 Å². The van der Waals surface area contributed by atoms with Crippen LogP contribution in [0.1, 0.15) is 20.3 Å². The summed E-state index contributed by atoms with van der Waals surface area (Å²) < 4.78 is 4.50. The molecule has 1 aliphatic heterocycles. The van der Waals surface area contributed by atoms with E-state index < -0.39 is 0 Å². The van der Waals surface area contributed by atoms with Gasteiger partial charge in [0.15, 0.2) is 0 Å². The Kier molecular flexibility index (Phi) is 6.19. The molecule has 0 aromatic rings. The van der Waals surface area contributed by atoms with Crippen molar-refractivity contribution in [3.63, 3.8) is 0 Å². The summed E-state index contributed by atoms with van der Waals surface area (Å²) in [5.41, 5.74) is 1.27. The van der Waals surface area contributed by atoms with E-state index in [4.69, 9.17) is 0 Å². The third-order valence-electron chi connectivity index (χ3n) is 1.05. The van der Waals surface area contributed by atoms with Crippen molar-refractivity contribution in [2.45, 2.75) is 20.3 Å². The molecule has 0 N–H and O–H groups in total. The highest BCUT2D eigenvalue weighted by Gasteiger charge is 1.94. The van der Waals surface area contributed by atoms with E-state index >= 15 is 0 Å². The molecule has 0 amide bonds. The van der Waals surface area contributed by atoms with Crippen LogP contribution in [0, 0.1) is 0 Å². The van der Waals surface area contributed by atoms with Crippen molar-refractivity contribution in [2.24, 2.45) is 0 Å². The largest absolute Gasteiger partial charge is 0.377 e. The third-order valence-corrected chi connectivity index (χ3v) is 1.05. The summed E-state index contributed by atoms with van der Waals surface area (Å²) in [6.45, 7) is 9.78. The van der Waals surface area contributed by atoms with Crippen molar-refractivity contribution in [1.82, 2.24) is 0 Å². The van der Waals surface area contributed by atoms with Crippen molar-refractivity contribution >= 4 is 0 Å². The minimum atomic E-state index is 1.00. The van der Waals surface area contributed by atoms with Crippen LogP contribution in [0.2, 0.25) is 0 Å². The lowest BCUT2D eigenvalue weighted by atomic mass is 10.2. The SMILES string of the molecule is C1CO1.C=CC(C)=CCC. The first-order valence-corrected chi connectivity index (χ1v) is 3.68. The molecule has 1 heteroatoms. The van der Waals surface area contributed by atoms with E-state index in [0.717, 1.165) is 19.6 Å². The summed E-state index contributed by atoms with van der Waals surface area (Å²) in [6.07, 6.45) is 5.12. The summed E-state index contributed by atoms with van der Waals surface area (Å²) in [7, 11) is 0. The molecule has 0 bridgehead atoms.